The average Bonchev–Trinajstić information content (AvgIpc) is 2.01. The molecule has 0 aliphatic rings. The fraction of sp³-hybridized carbons (Fsp3) is 0.444. The van der Waals surface area contributed by atoms with Crippen LogP contribution < -0.4 is 0 Å². The molecule has 1 heterocycles. The van der Waals surface area contributed by atoms with Crippen molar-refractivity contribution in [3.63, 3.8) is 0 Å². The molecule has 0 fully saturated rings. The van der Waals surface area contributed by atoms with E-state index in [9.17, 15) is 0 Å². The molecule has 0 aromatic carbocycles. The van der Waals surface area contributed by atoms with Crippen LogP contribution in [0.5, 0.6) is 0 Å². The van der Waals surface area contributed by atoms with E-state index in [1.165, 1.54) is 5.69 Å². The third-order valence-electron chi connectivity index (χ3n) is 1.54. The van der Waals surface area contributed by atoms with Crippen LogP contribution in [0.25, 0.3) is 0 Å². The summed E-state index contributed by atoms with van der Waals surface area (Å²) in [5.74, 6) is 0.940. The van der Waals surface area contributed by atoms with Crippen LogP contribution in [-0.4, -0.2) is 10.7 Å². The Labute approximate surface area is 73.3 Å². The molecule has 1 nitrogen and oxygen atoms in total. The van der Waals surface area contributed by atoms with Crippen LogP contribution in [0.1, 0.15) is 17.8 Å². The van der Waals surface area contributed by atoms with Gasteiger partial charge in [-0.25, -0.2) is 0 Å². The lowest BCUT2D eigenvalue weighted by Crippen LogP contribution is -1.91. The number of aryl methyl sites for hydroxylation is 2. The summed E-state index contributed by atoms with van der Waals surface area (Å²) in [5, 5.41) is 0. The van der Waals surface area contributed by atoms with E-state index in [2.05, 4.69) is 29.7 Å². The van der Waals surface area contributed by atoms with E-state index in [0.29, 0.717) is 0 Å². The number of rotatable bonds is 3. The topological polar surface area (TPSA) is 12.9 Å². The Morgan fingerprint density at radius 3 is 2.91 bits per heavy atom. The van der Waals surface area contributed by atoms with Crippen LogP contribution in [0.2, 0.25) is 0 Å². The van der Waals surface area contributed by atoms with Crippen molar-refractivity contribution in [3.05, 3.63) is 29.6 Å². The Bertz CT molecular complexity index is 223. The van der Waals surface area contributed by atoms with Crippen LogP contribution in [0.4, 0.5) is 0 Å². The molecule has 1 aromatic rings. The SMILES string of the molecule is Cc1cccc(CCCS)n1. The third-order valence-corrected chi connectivity index (χ3v) is 1.85. The molecule has 0 aliphatic heterocycles. The van der Waals surface area contributed by atoms with Crippen LogP contribution >= 0.6 is 12.6 Å². The molecule has 2 heteroatoms. The first-order valence-corrected chi connectivity index (χ1v) is 4.49. The van der Waals surface area contributed by atoms with Crippen molar-refractivity contribution in [2.45, 2.75) is 19.8 Å². The summed E-state index contributed by atoms with van der Waals surface area (Å²) in [5.41, 5.74) is 2.28. The molecule has 11 heavy (non-hydrogen) atoms. The van der Waals surface area contributed by atoms with Crippen LogP contribution in [0, 0.1) is 6.92 Å². The first-order valence-electron chi connectivity index (χ1n) is 3.86. The fourth-order valence-electron chi connectivity index (χ4n) is 0.999. The quantitative estimate of drug-likeness (QED) is 0.681. The highest BCUT2D eigenvalue weighted by atomic mass is 32.1. The van der Waals surface area contributed by atoms with Gasteiger partial charge in [0.25, 0.3) is 0 Å². The van der Waals surface area contributed by atoms with E-state index in [4.69, 9.17) is 0 Å². The van der Waals surface area contributed by atoms with Gasteiger partial charge in [0.1, 0.15) is 0 Å². The van der Waals surface area contributed by atoms with E-state index in [1.54, 1.807) is 0 Å². The molecule has 0 saturated carbocycles. The van der Waals surface area contributed by atoms with Gasteiger partial charge in [-0.05, 0) is 37.7 Å². The second-order valence-electron chi connectivity index (χ2n) is 2.60. The lowest BCUT2D eigenvalue weighted by atomic mass is 10.2. The number of thiol groups is 1. The Morgan fingerprint density at radius 1 is 1.45 bits per heavy atom. The summed E-state index contributed by atoms with van der Waals surface area (Å²) >= 11 is 4.15. The van der Waals surface area contributed by atoms with Crippen LogP contribution in [0.3, 0.4) is 0 Å². The molecule has 1 rings (SSSR count). The number of nitrogens with zero attached hydrogens (tertiary/aromatic N) is 1. The zero-order chi connectivity index (χ0) is 8.10. The molecule has 0 amide bonds. The molecular weight excluding hydrogens is 154 g/mol. The Balaban J connectivity index is 2.56. The first-order chi connectivity index (χ1) is 5.33. The largest absolute Gasteiger partial charge is 0.258 e. The van der Waals surface area contributed by atoms with Crippen molar-refractivity contribution in [2.75, 3.05) is 5.75 Å². The highest BCUT2D eigenvalue weighted by Gasteiger charge is 1.92. The normalized spacial score (nSPS) is 10.0. The molecule has 0 saturated heterocycles. The van der Waals surface area contributed by atoms with Gasteiger partial charge in [0.05, 0.1) is 0 Å². The van der Waals surface area contributed by atoms with Gasteiger partial charge >= 0.3 is 0 Å². The first kappa shape index (κ1) is 8.60. The lowest BCUT2D eigenvalue weighted by Gasteiger charge is -1.98. The standard InChI is InChI=1S/C9H13NS/c1-8-4-2-5-9(10-8)6-3-7-11/h2,4-5,11H,3,6-7H2,1H3. The van der Waals surface area contributed by atoms with E-state index < -0.39 is 0 Å². The van der Waals surface area contributed by atoms with E-state index in [-0.39, 0.29) is 0 Å². The van der Waals surface area contributed by atoms with Crippen molar-refractivity contribution in [3.8, 4) is 0 Å². The molecule has 0 atom stereocenters. The van der Waals surface area contributed by atoms with Crippen molar-refractivity contribution in [1.29, 1.82) is 0 Å². The lowest BCUT2D eigenvalue weighted by molar-refractivity contribution is 0.885. The molecule has 0 radical (unpaired) electrons. The molecule has 0 spiro atoms. The number of aromatic nitrogens is 1. The summed E-state index contributed by atoms with van der Waals surface area (Å²) in [6.45, 7) is 2.02. The van der Waals surface area contributed by atoms with E-state index >= 15 is 0 Å². The van der Waals surface area contributed by atoms with Gasteiger partial charge in [-0.3, -0.25) is 4.98 Å². The van der Waals surface area contributed by atoms with Crippen molar-refractivity contribution in [1.82, 2.24) is 4.98 Å². The Kier molecular flexibility index (Phi) is 3.43. The summed E-state index contributed by atoms with van der Waals surface area (Å²) in [6, 6.07) is 6.14. The van der Waals surface area contributed by atoms with Gasteiger partial charge in [0.2, 0.25) is 0 Å². The van der Waals surface area contributed by atoms with Gasteiger partial charge < -0.3 is 0 Å². The maximum absolute atomic E-state index is 4.38. The number of hydrogen-bond donors (Lipinski definition) is 1. The smallest absolute Gasteiger partial charge is 0.0407 e. The van der Waals surface area contributed by atoms with Crippen molar-refractivity contribution >= 4 is 12.6 Å². The van der Waals surface area contributed by atoms with Gasteiger partial charge in [0, 0.05) is 11.4 Å². The molecular formula is C9H13NS. The van der Waals surface area contributed by atoms with Crippen LogP contribution in [-0.2, 0) is 6.42 Å². The van der Waals surface area contributed by atoms with Crippen molar-refractivity contribution in [2.24, 2.45) is 0 Å². The number of hydrogen-bond acceptors (Lipinski definition) is 2. The molecule has 0 N–H and O–H groups in total. The van der Waals surface area contributed by atoms with E-state index in [1.807, 2.05) is 13.0 Å². The minimum Gasteiger partial charge on any atom is -0.258 e. The summed E-state index contributed by atoms with van der Waals surface area (Å²) in [4.78, 5) is 4.38. The predicted octanol–water partition coefficient (Wildman–Crippen LogP) is 2.25. The van der Waals surface area contributed by atoms with Gasteiger partial charge in [-0.15, -0.1) is 0 Å². The minimum absolute atomic E-state index is 0.940. The minimum atomic E-state index is 0.940. The summed E-state index contributed by atoms with van der Waals surface area (Å²) < 4.78 is 0. The zero-order valence-corrected chi connectivity index (χ0v) is 7.64. The second kappa shape index (κ2) is 4.39. The third kappa shape index (κ3) is 2.93. The Morgan fingerprint density at radius 2 is 2.27 bits per heavy atom. The maximum Gasteiger partial charge on any atom is 0.0407 e. The van der Waals surface area contributed by atoms with Gasteiger partial charge in [-0.1, -0.05) is 6.07 Å². The highest BCUT2D eigenvalue weighted by Crippen LogP contribution is 2.01. The molecule has 0 bridgehead atoms. The van der Waals surface area contributed by atoms with Crippen LogP contribution in [0.15, 0.2) is 18.2 Å². The fourth-order valence-corrected chi connectivity index (χ4v) is 1.16. The van der Waals surface area contributed by atoms with Gasteiger partial charge in [0.15, 0.2) is 0 Å². The predicted molar refractivity (Wildman–Crippen MR) is 51.1 cm³/mol. The second-order valence-corrected chi connectivity index (χ2v) is 3.04. The Hall–Kier alpha value is -0.500. The van der Waals surface area contributed by atoms with Crippen molar-refractivity contribution < 1.29 is 0 Å². The van der Waals surface area contributed by atoms with Gasteiger partial charge in [-0.2, -0.15) is 12.6 Å². The highest BCUT2D eigenvalue weighted by molar-refractivity contribution is 7.80. The molecule has 60 valence electrons. The maximum atomic E-state index is 4.38. The number of pyridine rings is 1. The van der Waals surface area contributed by atoms with E-state index in [0.717, 1.165) is 24.3 Å². The average molecular weight is 167 g/mol. The molecule has 0 unspecified atom stereocenters. The summed E-state index contributed by atoms with van der Waals surface area (Å²) in [7, 11) is 0. The summed E-state index contributed by atoms with van der Waals surface area (Å²) in [6.07, 6.45) is 2.16. The monoisotopic (exact) mass is 167 g/mol. The molecule has 0 aliphatic carbocycles. The zero-order valence-electron chi connectivity index (χ0n) is 6.75. The molecule has 1 aromatic heterocycles.